The first-order valence-corrected chi connectivity index (χ1v) is 7.62. The van der Waals surface area contributed by atoms with E-state index in [4.69, 9.17) is 4.74 Å². The van der Waals surface area contributed by atoms with Crippen LogP contribution in [0.5, 0.6) is 5.75 Å². The van der Waals surface area contributed by atoms with Crippen molar-refractivity contribution in [1.82, 2.24) is 9.80 Å². The van der Waals surface area contributed by atoms with Crippen LogP contribution in [0.2, 0.25) is 0 Å². The van der Waals surface area contributed by atoms with Gasteiger partial charge in [-0.3, -0.25) is 9.69 Å². The molecule has 0 radical (unpaired) electrons. The molecule has 1 fully saturated rings. The lowest BCUT2D eigenvalue weighted by molar-refractivity contribution is -0.139. The van der Waals surface area contributed by atoms with Gasteiger partial charge in [0.25, 0.3) is 0 Å². The van der Waals surface area contributed by atoms with Crippen LogP contribution in [0.15, 0.2) is 24.3 Å². The Bertz CT molecular complexity index is 580. The molecule has 1 saturated heterocycles. The summed E-state index contributed by atoms with van der Waals surface area (Å²) in [4.78, 5) is 15.2. The van der Waals surface area contributed by atoms with E-state index in [1.165, 1.54) is 18.2 Å². The van der Waals surface area contributed by atoms with Gasteiger partial charge in [-0.15, -0.1) is 0 Å². The zero-order chi connectivity index (χ0) is 17.9. The molecule has 0 bridgehead atoms. The lowest BCUT2D eigenvalue weighted by Gasteiger charge is -2.25. The maximum Gasteiger partial charge on any atom is 0.419 e. The number of carbonyl (C=O) groups excluding carboxylic acids is 1. The van der Waals surface area contributed by atoms with Gasteiger partial charge in [0.15, 0.2) is 0 Å². The highest BCUT2D eigenvalue weighted by Crippen LogP contribution is 2.35. The van der Waals surface area contributed by atoms with E-state index in [0.717, 1.165) is 6.07 Å². The molecular weight excluding hydrogens is 325 g/mol. The number of hydrogen-bond donors (Lipinski definition) is 1. The lowest BCUT2D eigenvalue weighted by atomic mass is 10.2. The Hall–Kier alpha value is -1.80. The highest BCUT2D eigenvalue weighted by Gasteiger charge is 2.35. The van der Waals surface area contributed by atoms with Crippen molar-refractivity contribution >= 4 is 5.91 Å². The topological polar surface area (TPSA) is 53.0 Å². The monoisotopic (exact) mass is 346 g/mol. The van der Waals surface area contributed by atoms with Crippen molar-refractivity contribution in [2.45, 2.75) is 24.7 Å². The molecule has 0 aliphatic carbocycles. The number of benzene rings is 1. The van der Waals surface area contributed by atoms with Gasteiger partial charge >= 0.3 is 6.18 Å². The minimum absolute atomic E-state index is 0.0203. The fourth-order valence-electron chi connectivity index (χ4n) is 2.74. The highest BCUT2D eigenvalue weighted by molar-refractivity contribution is 5.83. The van der Waals surface area contributed by atoms with Crippen molar-refractivity contribution < 1.29 is 27.8 Å². The summed E-state index contributed by atoms with van der Waals surface area (Å²) >= 11 is 0. The first-order valence-electron chi connectivity index (χ1n) is 7.62. The van der Waals surface area contributed by atoms with E-state index < -0.39 is 17.8 Å². The molecule has 0 unspecified atom stereocenters. The maximum absolute atomic E-state index is 12.9. The molecule has 1 aromatic carbocycles. The summed E-state index contributed by atoms with van der Waals surface area (Å²) < 4.78 is 43.8. The van der Waals surface area contributed by atoms with Crippen LogP contribution in [0, 0.1) is 0 Å². The lowest BCUT2D eigenvalue weighted by Crippen LogP contribution is -2.43. The molecule has 1 aliphatic heterocycles. The van der Waals surface area contributed by atoms with Crippen LogP contribution >= 0.6 is 0 Å². The summed E-state index contributed by atoms with van der Waals surface area (Å²) in [6, 6.07) is 4.56. The molecule has 0 spiro atoms. The summed E-state index contributed by atoms with van der Waals surface area (Å²) in [5, 5.41) is 10.0. The predicted molar refractivity (Wildman–Crippen MR) is 81.6 cm³/mol. The molecule has 1 aliphatic rings. The average Bonchev–Trinajstić information content (AvgIpc) is 2.84. The van der Waals surface area contributed by atoms with Gasteiger partial charge in [-0.25, -0.2) is 0 Å². The third kappa shape index (κ3) is 4.39. The number of carbonyl (C=O) groups is 1. The third-order valence-electron chi connectivity index (χ3n) is 4.05. The molecule has 8 heteroatoms. The third-order valence-corrected chi connectivity index (χ3v) is 4.05. The molecule has 24 heavy (non-hydrogen) atoms. The number of amides is 1. The van der Waals surface area contributed by atoms with Crippen LogP contribution in [0.4, 0.5) is 13.2 Å². The van der Waals surface area contributed by atoms with E-state index >= 15 is 0 Å². The van der Waals surface area contributed by atoms with Gasteiger partial charge in [-0.1, -0.05) is 12.1 Å². The van der Waals surface area contributed by atoms with Gasteiger partial charge in [0, 0.05) is 20.1 Å². The average molecular weight is 346 g/mol. The second-order valence-electron chi connectivity index (χ2n) is 5.96. The summed E-state index contributed by atoms with van der Waals surface area (Å²) in [6.07, 6.45) is -4.86. The maximum atomic E-state index is 12.9. The smallest absolute Gasteiger partial charge is 0.419 e. The molecule has 2 rings (SSSR count). The highest BCUT2D eigenvalue weighted by atomic mass is 19.4. The van der Waals surface area contributed by atoms with Crippen LogP contribution in [0.25, 0.3) is 0 Å². The summed E-state index contributed by atoms with van der Waals surface area (Å²) in [5.41, 5.74) is -0.877. The van der Waals surface area contributed by atoms with Gasteiger partial charge in [0.05, 0.1) is 11.6 Å². The molecule has 2 atom stereocenters. The Morgan fingerprint density at radius 3 is 2.67 bits per heavy atom. The van der Waals surface area contributed by atoms with E-state index in [1.807, 2.05) is 0 Å². The van der Waals surface area contributed by atoms with Crippen LogP contribution in [-0.4, -0.2) is 66.8 Å². The minimum atomic E-state index is -4.51. The van der Waals surface area contributed by atoms with E-state index in [2.05, 4.69) is 0 Å². The Balaban J connectivity index is 1.90. The van der Waals surface area contributed by atoms with Crippen LogP contribution in [0.3, 0.4) is 0 Å². The van der Waals surface area contributed by atoms with Gasteiger partial charge in [0.1, 0.15) is 18.5 Å². The predicted octanol–water partition coefficient (Wildman–Crippen LogP) is 1.61. The van der Waals surface area contributed by atoms with Crippen molar-refractivity contribution in [2.24, 2.45) is 0 Å². The molecule has 5 nitrogen and oxygen atoms in total. The van der Waals surface area contributed by atoms with Crippen LogP contribution in [-0.2, 0) is 11.0 Å². The second-order valence-corrected chi connectivity index (χ2v) is 5.96. The number of likely N-dealkylation sites (N-methyl/N-ethyl adjacent to an activating group) is 2. The SMILES string of the molecule is CN1CC[C@H](N(C)C[C@@H](O)COc2ccccc2C(F)(F)F)C1=O. The van der Waals surface area contributed by atoms with Gasteiger partial charge in [0.2, 0.25) is 5.91 Å². The van der Waals surface area contributed by atoms with Crippen molar-refractivity contribution in [2.75, 3.05) is 33.8 Å². The fourth-order valence-corrected chi connectivity index (χ4v) is 2.74. The fraction of sp³-hybridized carbons (Fsp3) is 0.562. The van der Waals surface area contributed by atoms with Crippen LogP contribution < -0.4 is 4.74 Å². The summed E-state index contributed by atoms with van der Waals surface area (Å²) in [5.74, 6) is -0.337. The number of ether oxygens (including phenoxy) is 1. The summed E-state index contributed by atoms with van der Waals surface area (Å²) in [6.45, 7) is 0.506. The first-order chi connectivity index (χ1) is 11.2. The summed E-state index contributed by atoms with van der Waals surface area (Å²) in [7, 11) is 3.42. The number of aliphatic hydroxyl groups is 1. The second kappa shape index (κ2) is 7.40. The first kappa shape index (κ1) is 18.5. The van der Waals surface area contributed by atoms with Crippen LogP contribution in [0.1, 0.15) is 12.0 Å². The molecule has 0 aromatic heterocycles. The number of rotatable bonds is 6. The Labute approximate surface area is 138 Å². The molecule has 0 saturated carbocycles. The zero-order valence-corrected chi connectivity index (χ0v) is 13.6. The van der Waals surface area contributed by atoms with E-state index in [1.54, 1.807) is 23.9 Å². The van der Waals surface area contributed by atoms with E-state index in [-0.39, 0.29) is 30.9 Å². The molecule has 1 amide bonds. The normalized spacial score (nSPS) is 19.9. The number of hydrogen-bond acceptors (Lipinski definition) is 4. The number of alkyl halides is 3. The number of aliphatic hydroxyl groups excluding tert-OH is 1. The standard InChI is InChI=1S/C16H21F3N2O3/c1-20-8-7-13(15(20)23)21(2)9-11(22)10-24-14-6-4-3-5-12(14)16(17,18)19/h3-6,11,13,22H,7-10H2,1-2H3/t11-,13+/m1/s1. The molecule has 134 valence electrons. The largest absolute Gasteiger partial charge is 0.490 e. The Morgan fingerprint density at radius 1 is 1.42 bits per heavy atom. The zero-order valence-electron chi connectivity index (χ0n) is 13.6. The van der Waals surface area contributed by atoms with Gasteiger partial charge in [-0.05, 0) is 25.6 Å². The molecule has 1 heterocycles. The van der Waals surface area contributed by atoms with Crippen molar-refractivity contribution in [3.05, 3.63) is 29.8 Å². The quantitative estimate of drug-likeness (QED) is 0.850. The number of nitrogens with zero attached hydrogens (tertiary/aromatic N) is 2. The van der Waals surface area contributed by atoms with Crippen molar-refractivity contribution in [3.63, 3.8) is 0 Å². The van der Waals surface area contributed by atoms with E-state index in [9.17, 15) is 23.1 Å². The molecule has 1 N–H and O–H groups in total. The van der Waals surface area contributed by atoms with Crippen molar-refractivity contribution in [1.29, 1.82) is 0 Å². The van der Waals surface area contributed by atoms with Gasteiger partial charge in [-0.2, -0.15) is 13.2 Å². The number of para-hydroxylation sites is 1. The Morgan fingerprint density at radius 2 is 2.08 bits per heavy atom. The van der Waals surface area contributed by atoms with E-state index in [0.29, 0.717) is 13.0 Å². The molecular formula is C16H21F3N2O3. The minimum Gasteiger partial charge on any atom is -0.490 e. The number of halogens is 3. The molecule has 1 aromatic rings. The number of likely N-dealkylation sites (tertiary alicyclic amines) is 1. The Kier molecular flexibility index (Phi) is 5.71. The van der Waals surface area contributed by atoms with Gasteiger partial charge < -0.3 is 14.7 Å². The van der Waals surface area contributed by atoms with Crippen molar-refractivity contribution in [3.8, 4) is 5.75 Å².